The molecule has 0 aromatic heterocycles. The van der Waals surface area contributed by atoms with Crippen LogP contribution in [0.15, 0.2) is 24.3 Å². The van der Waals surface area contributed by atoms with Gasteiger partial charge in [0.1, 0.15) is 0 Å². The number of hydrogen-bond acceptors (Lipinski definition) is 3. The molecule has 1 N–H and O–H groups in total. The second kappa shape index (κ2) is 5.47. The Kier molecular flexibility index (Phi) is 3.74. The lowest BCUT2D eigenvalue weighted by molar-refractivity contribution is -0.144. The van der Waals surface area contributed by atoms with Crippen LogP contribution in [0.25, 0.3) is 0 Å². The lowest BCUT2D eigenvalue weighted by atomic mass is 9.78. The van der Waals surface area contributed by atoms with Gasteiger partial charge in [0.25, 0.3) is 0 Å². The Balaban J connectivity index is 1.74. The topological polar surface area (TPSA) is 63.2 Å². The number of hydrogen-bond donors (Lipinski definition) is 1. The second-order valence-corrected chi connectivity index (χ2v) is 6.01. The summed E-state index contributed by atoms with van der Waals surface area (Å²) in [6.07, 6.45) is -2.70. The van der Waals surface area contributed by atoms with Crippen LogP contribution in [0.5, 0.6) is 0 Å². The lowest BCUT2D eigenvalue weighted by Gasteiger charge is -2.24. The number of carbonyl (C=O) groups excluding carboxylic acids is 3. The normalized spacial score (nSPS) is 27.2. The molecule has 122 valence electrons. The van der Waals surface area contributed by atoms with E-state index in [2.05, 4.69) is 5.32 Å². The van der Waals surface area contributed by atoms with Gasteiger partial charge in [-0.3, -0.25) is 14.4 Å². The third kappa shape index (κ3) is 2.87. The number of nitrogens with one attached hydrogen (secondary N) is 1. The Morgan fingerprint density at radius 1 is 1.00 bits per heavy atom. The zero-order valence-electron chi connectivity index (χ0n) is 12.0. The summed E-state index contributed by atoms with van der Waals surface area (Å²) in [5.74, 6) is -3.32. The van der Waals surface area contributed by atoms with Gasteiger partial charge < -0.3 is 5.32 Å². The summed E-state index contributed by atoms with van der Waals surface area (Å²) in [7, 11) is 0. The molecule has 2 bridgehead atoms. The Hall–Kier alpha value is -2.18. The number of halogens is 3. The van der Waals surface area contributed by atoms with Gasteiger partial charge >= 0.3 is 6.18 Å². The summed E-state index contributed by atoms with van der Waals surface area (Å²) in [5, 5.41) is 2.37. The first-order chi connectivity index (χ1) is 10.8. The van der Waals surface area contributed by atoms with Crippen molar-refractivity contribution in [1.29, 1.82) is 0 Å². The summed E-state index contributed by atoms with van der Waals surface area (Å²) in [6, 6.07) is 3.88. The van der Waals surface area contributed by atoms with Crippen LogP contribution >= 0.6 is 0 Å². The molecular weight excluding hydrogens is 311 g/mol. The summed E-state index contributed by atoms with van der Waals surface area (Å²) in [5.41, 5.74) is -0.708. The molecule has 2 fully saturated rings. The molecule has 7 heteroatoms. The number of fused-ring (bicyclic) bond motifs is 2. The average molecular weight is 325 g/mol. The highest BCUT2D eigenvalue weighted by molar-refractivity contribution is 6.24. The van der Waals surface area contributed by atoms with Crippen LogP contribution in [0.2, 0.25) is 0 Å². The van der Waals surface area contributed by atoms with E-state index in [1.165, 1.54) is 0 Å². The first-order valence-electron chi connectivity index (χ1n) is 7.33. The maximum absolute atomic E-state index is 12.5. The van der Waals surface area contributed by atoms with E-state index in [1.807, 2.05) is 0 Å². The molecule has 0 saturated heterocycles. The van der Waals surface area contributed by atoms with Crippen LogP contribution in [-0.4, -0.2) is 17.5 Å². The number of anilines is 1. The highest BCUT2D eigenvalue weighted by Gasteiger charge is 2.49. The van der Waals surface area contributed by atoms with Crippen molar-refractivity contribution in [2.45, 2.75) is 25.4 Å². The molecule has 4 nitrogen and oxygen atoms in total. The predicted molar refractivity (Wildman–Crippen MR) is 74.4 cm³/mol. The number of amides is 1. The molecule has 3 rings (SSSR count). The van der Waals surface area contributed by atoms with Gasteiger partial charge in [-0.25, -0.2) is 0 Å². The average Bonchev–Trinajstić information content (AvgIpc) is 2.92. The van der Waals surface area contributed by atoms with Crippen molar-refractivity contribution in [2.24, 2.45) is 17.8 Å². The van der Waals surface area contributed by atoms with E-state index in [-0.39, 0.29) is 29.1 Å². The molecule has 1 aromatic carbocycles. The van der Waals surface area contributed by atoms with E-state index in [9.17, 15) is 27.6 Å². The number of alkyl halides is 3. The molecule has 1 amide bonds. The zero-order valence-corrected chi connectivity index (χ0v) is 12.0. The van der Waals surface area contributed by atoms with Gasteiger partial charge in [0.2, 0.25) is 5.91 Å². The molecule has 2 aliphatic rings. The minimum atomic E-state index is -4.46. The smallest absolute Gasteiger partial charge is 0.325 e. The van der Waals surface area contributed by atoms with Crippen molar-refractivity contribution >= 4 is 23.2 Å². The zero-order chi connectivity index (χ0) is 16.8. The predicted octanol–water partition coefficient (Wildman–Crippen LogP) is 2.83. The maximum Gasteiger partial charge on any atom is 0.416 e. The Morgan fingerprint density at radius 2 is 1.52 bits per heavy atom. The largest absolute Gasteiger partial charge is 0.416 e. The Morgan fingerprint density at radius 3 is 2.00 bits per heavy atom. The fourth-order valence-corrected chi connectivity index (χ4v) is 3.33. The minimum Gasteiger partial charge on any atom is -0.325 e. The van der Waals surface area contributed by atoms with Crippen molar-refractivity contribution < 1.29 is 27.6 Å². The highest BCUT2D eigenvalue weighted by atomic mass is 19.4. The monoisotopic (exact) mass is 325 g/mol. The van der Waals surface area contributed by atoms with Crippen molar-refractivity contribution in [3.63, 3.8) is 0 Å². The number of rotatable bonds is 2. The van der Waals surface area contributed by atoms with Crippen molar-refractivity contribution in [1.82, 2.24) is 0 Å². The van der Waals surface area contributed by atoms with Gasteiger partial charge in [-0.2, -0.15) is 13.2 Å². The number of carbonyl (C=O) groups is 3. The van der Waals surface area contributed by atoms with E-state index < -0.39 is 23.6 Å². The van der Waals surface area contributed by atoms with Gasteiger partial charge in [-0.05, 0) is 43.5 Å². The van der Waals surface area contributed by atoms with Crippen LogP contribution < -0.4 is 5.32 Å². The summed E-state index contributed by atoms with van der Waals surface area (Å²) < 4.78 is 37.5. The van der Waals surface area contributed by atoms with Crippen molar-refractivity contribution in [2.75, 3.05) is 5.32 Å². The van der Waals surface area contributed by atoms with Crippen molar-refractivity contribution in [3.8, 4) is 0 Å². The summed E-state index contributed by atoms with van der Waals surface area (Å²) in [4.78, 5) is 36.6. The van der Waals surface area contributed by atoms with E-state index in [1.54, 1.807) is 0 Å². The quantitative estimate of drug-likeness (QED) is 0.851. The SMILES string of the molecule is O=C(Nc1ccc(C(F)(F)F)cc1)C1C(=O)C2CCC(C2)C1=O. The third-order valence-corrected chi connectivity index (χ3v) is 4.55. The van der Waals surface area contributed by atoms with E-state index >= 15 is 0 Å². The molecule has 23 heavy (non-hydrogen) atoms. The van der Waals surface area contributed by atoms with Crippen molar-refractivity contribution in [3.05, 3.63) is 29.8 Å². The van der Waals surface area contributed by atoms with E-state index in [0.717, 1.165) is 24.3 Å². The van der Waals surface area contributed by atoms with Crippen LogP contribution in [0.3, 0.4) is 0 Å². The third-order valence-electron chi connectivity index (χ3n) is 4.55. The maximum atomic E-state index is 12.5. The number of Topliss-reactive ketones (excluding diaryl/α,β-unsaturated/α-hetero) is 2. The standard InChI is InChI=1S/C16H14F3NO3/c17-16(18,19)10-3-5-11(6-4-10)20-15(23)12-13(21)8-1-2-9(7-8)14(12)22/h3-6,8-9,12H,1-2,7H2,(H,20,23). The van der Waals surface area contributed by atoms with Gasteiger partial charge in [0, 0.05) is 17.5 Å². The first kappa shape index (κ1) is 15.7. The van der Waals surface area contributed by atoms with Crippen LogP contribution in [-0.2, 0) is 20.6 Å². The first-order valence-corrected chi connectivity index (χ1v) is 7.33. The summed E-state index contributed by atoms with van der Waals surface area (Å²) in [6.45, 7) is 0. The minimum absolute atomic E-state index is 0.126. The van der Waals surface area contributed by atoms with Gasteiger partial charge in [0.05, 0.1) is 5.56 Å². The fraction of sp³-hybridized carbons (Fsp3) is 0.438. The summed E-state index contributed by atoms with van der Waals surface area (Å²) >= 11 is 0. The van der Waals surface area contributed by atoms with Gasteiger partial charge in [-0.1, -0.05) is 0 Å². The number of ketones is 2. The van der Waals surface area contributed by atoms with Gasteiger partial charge in [0.15, 0.2) is 17.5 Å². The molecule has 2 atom stereocenters. The highest BCUT2D eigenvalue weighted by Crippen LogP contribution is 2.40. The van der Waals surface area contributed by atoms with E-state index in [4.69, 9.17) is 0 Å². The molecule has 1 aromatic rings. The fourth-order valence-electron chi connectivity index (χ4n) is 3.33. The molecule has 2 saturated carbocycles. The van der Waals surface area contributed by atoms with Crippen LogP contribution in [0.4, 0.5) is 18.9 Å². The van der Waals surface area contributed by atoms with Crippen LogP contribution in [0, 0.1) is 17.8 Å². The molecule has 0 radical (unpaired) electrons. The molecule has 2 unspecified atom stereocenters. The van der Waals surface area contributed by atoms with E-state index in [0.29, 0.717) is 19.3 Å². The molecule has 0 aliphatic heterocycles. The Labute approximate surface area is 130 Å². The second-order valence-electron chi connectivity index (χ2n) is 6.01. The van der Waals surface area contributed by atoms with Gasteiger partial charge in [-0.15, -0.1) is 0 Å². The number of benzene rings is 1. The molecule has 0 heterocycles. The Bertz CT molecular complexity index is 644. The molecule has 0 spiro atoms. The molecule has 2 aliphatic carbocycles. The lowest BCUT2D eigenvalue weighted by Crippen LogP contribution is -2.43. The molecular formula is C16H14F3NO3. The van der Waals surface area contributed by atoms with Crippen LogP contribution in [0.1, 0.15) is 24.8 Å².